The molecule has 2 aromatic carbocycles. The van der Waals surface area contributed by atoms with Crippen LogP contribution in [0.25, 0.3) is 22.6 Å². The highest BCUT2D eigenvalue weighted by atomic mass is 16.5. The molecule has 0 aliphatic rings. The third kappa shape index (κ3) is 5.16. The van der Waals surface area contributed by atoms with Gasteiger partial charge in [-0.15, -0.1) is 0 Å². The lowest BCUT2D eigenvalue weighted by atomic mass is 10.1. The average Bonchev–Trinajstić information content (AvgIpc) is 2.74. The van der Waals surface area contributed by atoms with Crippen molar-refractivity contribution in [2.45, 2.75) is 32.6 Å². The topological polar surface area (TPSA) is 72.3 Å². The van der Waals surface area contributed by atoms with E-state index in [4.69, 9.17) is 9.84 Å². The summed E-state index contributed by atoms with van der Waals surface area (Å²) in [7, 11) is 0. The largest absolute Gasteiger partial charge is 0.494 e. The number of aromatic carboxylic acids is 1. The first-order valence-corrected chi connectivity index (χ1v) is 9.57. The first-order chi connectivity index (χ1) is 13.7. The van der Waals surface area contributed by atoms with Gasteiger partial charge in [0.05, 0.1) is 17.9 Å². The van der Waals surface area contributed by atoms with Crippen LogP contribution in [0.15, 0.2) is 60.8 Å². The highest BCUT2D eigenvalue weighted by Gasteiger charge is 2.07. The molecule has 0 amide bonds. The third-order valence-corrected chi connectivity index (χ3v) is 4.46. The van der Waals surface area contributed by atoms with Gasteiger partial charge in [-0.25, -0.2) is 14.8 Å². The highest BCUT2D eigenvalue weighted by Crippen LogP contribution is 2.23. The molecule has 0 fully saturated rings. The van der Waals surface area contributed by atoms with Gasteiger partial charge in [-0.05, 0) is 48.9 Å². The molecule has 0 bridgehead atoms. The number of hydrogen-bond acceptors (Lipinski definition) is 4. The van der Waals surface area contributed by atoms with Crippen LogP contribution in [-0.2, 0) is 0 Å². The second kappa shape index (κ2) is 9.65. The van der Waals surface area contributed by atoms with Crippen LogP contribution >= 0.6 is 0 Å². The van der Waals surface area contributed by atoms with Crippen LogP contribution in [0.4, 0.5) is 0 Å². The molecule has 5 heteroatoms. The fourth-order valence-corrected chi connectivity index (χ4v) is 2.86. The van der Waals surface area contributed by atoms with Crippen molar-refractivity contribution in [2.75, 3.05) is 6.61 Å². The van der Waals surface area contributed by atoms with E-state index in [1.54, 1.807) is 30.5 Å². The summed E-state index contributed by atoms with van der Waals surface area (Å²) in [4.78, 5) is 20.0. The van der Waals surface area contributed by atoms with Crippen LogP contribution in [0.5, 0.6) is 5.75 Å². The number of unbranched alkanes of at least 4 members (excludes halogenated alkanes) is 3. The van der Waals surface area contributed by atoms with Gasteiger partial charge in [-0.1, -0.05) is 38.3 Å². The Kier molecular flexibility index (Phi) is 6.73. The number of benzene rings is 2. The van der Waals surface area contributed by atoms with E-state index in [1.807, 2.05) is 30.3 Å². The van der Waals surface area contributed by atoms with E-state index in [1.165, 1.54) is 19.3 Å². The minimum Gasteiger partial charge on any atom is -0.494 e. The number of aromatic nitrogens is 2. The van der Waals surface area contributed by atoms with Crippen molar-refractivity contribution >= 4 is 5.97 Å². The molecule has 5 nitrogen and oxygen atoms in total. The first-order valence-electron chi connectivity index (χ1n) is 9.57. The monoisotopic (exact) mass is 376 g/mol. The minimum atomic E-state index is -0.942. The fourth-order valence-electron chi connectivity index (χ4n) is 2.86. The van der Waals surface area contributed by atoms with E-state index in [0.717, 1.165) is 35.6 Å². The lowest BCUT2D eigenvalue weighted by molar-refractivity contribution is 0.0697. The highest BCUT2D eigenvalue weighted by molar-refractivity contribution is 5.88. The molecule has 1 aromatic heterocycles. The Hall–Kier alpha value is -3.21. The van der Waals surface area contributed by atoms with Gasteiger partial charge in [0.1, 0.15) is 5.75 Å². The predicted octanol–water partition coefficient (Wildman–Crippen LogP) is 5.47. The van der Waals surface area contributed by atoms with Crippen molar-refractivity contribution in [1.29, 1.82) is 0 Å². The minimum absolute atomic E-state index is 0.253. The van der Waals surface area contributed by atoms with Gasteiger partial charge in [-0.3, -0.25) is 0 Å². The normalized spacial score (nSPS) is 10.6. The number of hydrogen-bond donors (Lipinski definition) is 1. The molecule has 0 saturated carbocycles. The van der Waals surface area contributed by atoms with Crippen LogP contribution < -0.4 is 4.74 Å². The van der Waals surface area contributed by atoms with E-state index in [2.05, 4.69) is 16.9 Å². The standard InChI is InChI=1S/C23H24N2O3/c1-2-3-4-5-16-28-20-12-10-18(11-13-20)22-24-15-14-21(25-22)17-6-8-19(9-7-17)23(26)27/h6-15H,2-5,16H2,1H3,(H,26,27). The summed E-state index contributed by atoms with van der Waals surface area (Å²) in [5.41, 5.74) is 2.75. The predicted molar refractivity (Wildman–Crippen MR) is 110 cm³/mol. The first kappa shape index (κ1) is 19.5. The van der Waals surface area contributed by atoms with Gasteiger partial charge in [0.2, 0.25) is 0 Å². The second-order valence-corrected chi connectivity index (χ2v) is 6.58. The SMILES string of the molecule is CCCCCCOc1ccc(-c2nccc(-c3ccc(C(=O)O)cc3)n2)cc1. The van der Waals surface area contributed by atoms with Gasteiger partial charge < -0.3 is 9.84 Å². The molecule has 0 unspecified atom stereocenters. The van der Waals surface area contributed by atoms with Gasteiger partial charge >= 0.3 is 5.97 Å². The molecule has 3 rings (SSSR count). The lowest BCUT2D eigenvalue weighted by Gasteiger charge is -2.08. The molecule has 0 saturated heterocycles. The maximum absolute atomic E-state index is 11.0. The number of rotatable bonds is 9. The number of carboxylic acids is 1. The van der Waals surface area contributed by atoms with E-state index in [-0.39, 0.29) is 5.56 Å². The number of carboxylic acid groups (broad SMARTS) is 1. The quantitative estimate of drug-likeness (QED) is 0.502. The lowest BCUT2D eigenvalue weighted by Crippen LogP contribution is -1.97. The maximum Gasteiger partial charge on any atom is 0.335 e. The number of nitrogens with zero attached hydrogens (tertiary/aromatic N) is 2. The summed E-state index contributed by atoms with van der Waals surface area (Å²) < 4.78 is 5.78. The molecule has 3 aromatic rings. The van der Waals surface area contributed by atoms with Gasteiger partial charge in [0.25, 0.3) is 0 Å². The summed E-state index contributed by atoms with van der Waals surface area (Å²) >= 11 is 0. The van der Waals surface area contributed by atoms with Crippen molar-refractivity contribution in [3.05, 3.63) is 66.4 Å². The molecular weight excluding hydrogens is 352 g/mol. The zero-order valence-electron chi connectivity index (χ0n) is 16.0. The van der Waals surface area contributed by atoms with Gasteiger partial charge in [-0.2, -0.15) is 0 Å². The van der Waals surface area contributed by atoms with Crippen molar-refractivity contribution in [2.24, 2.45) is 0 Å². The molecule has 144 valence electrons. The summed E-state index contributed by atoms with van der Waals surface area (Å²) in [6.07, 6.45) is 6.44. The van der Waals surface area contributed by atoms with Crippen molar-refractivity contribution in [3.63, 3.8) is 0 Å². The van der Waals surface area contributed by atoms with E-state index in [0.29, 0.717) is 5.82 Å². The van der Waals surface area contributed by atoms with E-state index >= 15 is 0 Å². The molecule has 0 aliphatic heterocycles. The summed E-state index contributed by atoms with van der Waals surface area (Å²) in [5, 5.41) is 9.02. The molecular formula is C23H24N2O3. The summed E-state index contributed by atoms with van der Waals surface area (Å²) in [6, 6.07) is 16.3. The molecule has 1 N–H and O–H groups in total. The Morgan fingerprint density at radius 3 is 2.32 bits per heavy atom. The van der Waals surface area contributed by atoms with Crippen molar-refractivity contribution in [1.82, 2.24) is 9.97 Å². The maximum atomic E-state index is 11.0. The van der Waals surface area contributed by atoms with Gasteiger partial charge in [0, 0.05) is 17.3 Å². The third-order valence-electron chi connectivity index (χ3n) is 4.46. The van der Waals surface area contributed by atoms with E-state index in [9.17, 15) is 4.79 Å². The Bertz CT molecular complexity index is 906. The van der Waals surface area contributed by atoms with Crippen LogP contribution in [0.1, 0.15) is 43.0 Å². The second-order valence-electron chi connectivity index (χ2n) is 6.58. The van der Waals surface area contributed by atoms with Crippen molar-refractivity contribution in [3.8, 4) is 28.4 Å². The molecule has 0 atom stereocenters. The zero-order chi connectivity index (χ0) is 19.8. The van der Waals surface area contributed by atoms with Crippen molar-refractivity contribution < 1.29 is 14.6 Å². The Morgan fingerprint density at radius 1 is 0.929 bits per heavy atom. The summed E-state index contributed by atoms with van der Waals surface area (Å²) in [6.45, 7) is 2.93. The Balaban J connectivity index is 1.68. The molecule has 0 radical (unpaired) electrons. The van der Waals surface area contributed by atoms with Crippen LogP contribution in [0.2, 0.25) is 0 Å². The Morgan fingerprint density at radius 2 is 1.64 bits per heavy atom. The number of carbonyl (C=O) groups is 1. The zero-order valence-corrected chi connectivity index (χ0v) is 16.0. The fraction of sp³-hybridized carbons (Fsp3) is 0.261. The molecule has 1 heterocycles. The van der Waals surface area contributed by atoms with Crippen LogP contribution in [0.3, 0.4) is 0 Å². The molecule has 28 heavy (non-hydrogen) atoms. The van der Waals surface area contributed by atoms with Gasteiger partial charge in [0.15, 0.2) is 5.82 Å². The Labute approximate surface area is 165 Å². The van der Waals surface area contributed by atoms with E-state index < -0.39 is 5.97 Å². The average molecular weight is 376 g/mol. The molecule has 0 spiro atoms. The molecule has 0 aliphatic carbocycles. The smallest absolute Gasteiger partial charge is 0.335 e. The number of ether oxygens (including phenoxy) is 1. The van der Waals surface area contributed by atoms with Crippen LogP contribution in [0, 0.1) is 0 Å². The van der Waals surface area contributed by atoms with Crippen LogP contribution in [-0.4, -0.2) is 27.7 Å². The summed E-state index contributed by atoms with van der Waals surface area (Å²) in [5.74, 6) is 0.526.